The van der Waals surface area contributed by atoms with Crippen molar-refractivity contribution in [2.75, 3.05) is 0 Å². The van der Waals surface area contributed by atoms with Crippen LogP contribution in [0.5, 0.6) is 0 Å². The molecule has 0 amide bonds. The Labute approximate surface area is 114 Å². The van der Waals surface area contributed by atoms with Crippen molar-refractivity contribution in [3.05, 3.63) is 47.5 Å². The molecule has 0 atom stereocenters. The first-order valence-electron chi connectivity index (χ1n) is 6.17. The highest BCUT2D eigenvalue weighted by molar-refractivity contribution is 5.55. The summed E-state index contributed by atoms with van der Waals surface area (Å²) in [5.74, 6) is -3.85. The average Bonchev–Trinajstić information content (AvgIpc) is 2.42. The summed E-state index contributed by atoms with van der Waals surface area (Å²) in [5.41, 5.74) is 0.793. The molecule has 2 aromatic rings. The molecule has 0 aliphatic heterocycles. The molecule has 0 radical (unpaired) electrons. The van der Waals surface area contributed by atoms with Gasteiger partial charge in [0.15, 0.2) is 23.3 Å². The van der Waals surface area contributed by atoms with Crippen molar-refractivity contribution >= 4 is 0 Å². The summed E-state index contributed by atoms with van der Waals surface area (Å²) in [7, 11) is 0. The molecule has 0 aliphatic carbocycles. The fourth-order valence-electron chi connectivity index (χ4n) is 1.63. The zero-order valence-electron chi connectivity index (χ0n) is 11.1. The zero-order valence-corrected chi connectivity index (χ0v) is 11.1. The largest absolute Gasteiger partial charge is 0.309 e. The van der Waals surface area contributed by atoms with Crippen molar-refractivity contribution in [1.82, 2.24) is 15.3 Å². The Bertz CT molecular complexity index is 591. The van der Waals surface area contributed by atoms with E-state index in [2.05, 4.69) is 15.3 Å². The number of rotatable bonds is 4. The Balaban J connectivity index is 2.31. The molecule has 1 N–H and O–H groups in total. The molecule has 1 aromatic carbocycles. The number of benzene rings is 1. The van der Waals surface area contributed by atoms with Crippen LogP contribution in [0.25, 0.3) is 11.4 Å². The van der Waals surface area contributed by atoms with E-state index in [1.807, 2.05) is 13.8 Å². The second-order valence-corrected chi connectivity index (χ2v) is 4.66. The molecule has 2 rings (SSSR count). The van der Waals surface area contributed by atoms with Crippen molar-refractivity contribution in [1.29, 1.82) is 0 Å². The third-order valence-electron chi connectivity index (χ3n) is 2.65. The minimum atomic E-state index is -1.49. The first-order chi connectivity index (χ1) is 9.47. The second kappa shape index (κ2) is 6.00. The summed E-state index contributed by atoms with van der Waals surface area (Å²) in [6, 6.07) is 3.75. The predicted molar refractivity (Wildman–Crippen MR) is 69.3 cm³/mol. The first kappa shape index (κ1) is 14.5. The number of hydrogen-bond donors (Lipinski definition) is 1. The summed E-state index contributed by atoms with van der Waals surface area (Å²) in [6.45, 7) is 4.50. The van der Waals surface area contributed by atoms with Crippen molar-refractivity contribution in [3.8, 4) is 11.4 Å². The molecule has 0 aliphatic rings. The van der Waals surface area contributed by atoms with E-state index in [1.54, 1.807) is 6.07 Å². The maximum atomic E-state index is 13.2. The Kier molecular flexibility index (Phi) is 4.34. The fraction of sp³-hybridized carbons (Fsp3) is 0.286. The average molecular weight is 281 g/mol. The predicted octanol–water partition coefficient (Wildman–Crippen LogP) is 3.06. The van der Waals surface area contributed by atoms with Gasteiger partial charge in [0.1, 0.15) is 0 Å². The minimum absolute atomic E-state index is 0.104. The lowest BCUT2D eigenvalue weighted by atomic mass is 10.2. The highest BCUT2D eigenvalue weighted by Crippen LogP contribution is 2.20. The lowest BCUT2D eigenvalue weighted by Gasteiger charge is -2.08. The van der Waals surface area contributed by atoms with Gasteiger partial charge in [-0.15, -0.1) is 0 Å². The minimum Gasteiger partial charge on any atom is -0.309 e. The SMILES string of the molecule is CC(C)NCc1ccnc(-c2cc(F)c(F)c(F)c2)n1. The van der Waals surface area contributed by atoms with E-state index in [4.69, 9.17) is 0 Å². The van der Waals surface area contributed by atoms with Crippen molar-refractivity contribution in [3.63, 3.8) is 0 Å². The Morgan fingerprint density at radius 3 is 2.40 bits per heavy atom. The molecular formula is C14H14F3N3. The highest BCUT2D eigenvalue weighted by atomic mass is 19.2. The van der Waals surface area contributed by atoms with E-state index < -0.39 is 17.5 Å². The van der Waals surface area contributed by atoms with Crippen LogP contribution in [0.15, 0.2) is 24.4 Å². The van der Waals surface area contributed by atoms with Crippen LogP contribution < -0.4 is 5.32 Å². The van der Waals surface area contributed by atoms with Crippen molar-refractivity contribution < 1.29 is 13.2 Å². The van der Waals surface area contributed by atoms with Crippen molar-refractivity contribution in [2.24, 2.45) is 0 Å². The van der Waals surface area contributed by atoms with Gasteiger partial charge in [-0.3, -0.25) is 0 Å². The quantitative estimate of drug-likeness (QED) is 0.875. The van der Waals surface area contributed by atoms with Crippen molar-refractivity contribution in [2.45, 2.75) is 26.4 Å². The monoisotopic (exact) mass is 281 g/mol. The van der Waals surface area contributed by atoms with E-state index in [9.17, 15) is 13.2 Å². The van der Waals surface area contributed by atoms with Gasteiger partial charge in [-0.2, -0.15) is 0 Å². The van der Waals surface area contributed by atoms with Crippen LogP contribution in [0.1, 0.15) is 19.5 Å². The van der Waals surface area contributed by atoms with E-state index in [-0.39, 0.29) is 17.4 Å². The second-order valence-electron chi connectivity index (χ2n) is 4.66. The van der Waals surface area contributed by atoms with Gasteiger partial charge in [-0.25, -0.2) is 23.1 Å². The van der Waals surface area contributed by atoms with E-state index in [0.29, 0.717) is 12.2 Å². The normalized spacial score (nSPS) is 11.1. The van der Waals surface area contributed by atoms with Crippen LogP contribution in [0, 0.1) is 17.5 Å². The van der Waals surface area contributed by atoms with E-state index >= 15 is 0 Å². The lowest BCUT2D eigenvalue weighted by Crippen LogP contribution is -2.22. The maximum absolute atomic E-state index is 13.2. The number of nitrogens with zero attached hydrogens (tertiary/aromatic N) is 2. The topological polar surface area (TPSA) is 37.8 Å². The van der Waals surface area contributed by atoms with Crippen LogP contribution in [0.3, 0.4) is 0 Å². The molecule has 106 valence electrons. The van der Waals surface area contributed by atoms with Crippen LogP contribution in [0.4, 0.5) is 13.2 Å². The Morgan fingerprint density at radius 2 is 1.80 bits per heavy atom. The molecular weight excluding hydrogens is 267 g/mol. The smallest absolute Gasteiger partial charge is 0.194 e. The van der Waals surface area contributed by atoms with E-state index in [1.165, 1.54) is 6.20 Å². The molecule has 0 bridgehead atoms. The fourth-order valence-corrected chi connectivity index (χ4v) is 1.63. The first-order valence-corrected chi connectivity index (χ1v) is 6.17. The molecule has 0 spiro atoms. The van der Waals surface area contributed by atoms with Gasteiger partial charge in [0, 0.05) is 24.3 Å². The third-order valence-corrected chi connectivity index (χ3v) is 2.65. The van der Waals surface area contributed by atoms with Crippen LogP contribution in [-0.4, -0.2) is 16.0 Å². The van der Waals surface area contributed by atoms with Gasteiger partial charge in [0.2, 0.25) is 0 Å². The highest BCUT2D eigenvalue weighted by Gasteiger charge is 2.13. The summed E-state index contributed by atoms with van der Waals surface area (Å²) in [4.78, 5) is 8.15. The molecule has 6 heteroatoms. The lowest BCUT2D eigenvalue weighted by molar-refractivity contribution is 0.447. The molecule has 3 nitrogen and oxygen atoms in total. The van der Waals surface area contributed by atoms with Gasteiger partial charge in [0.05, 0.1) is 5.69 Å². The number of hydrogen-bond acceptors (Lipinski definition) is 3. The zero-order chi connectivity index (χ0) is 14.7. The summed E-state index contributed by atoms with van der Waals surface area (Å²) < 4.78 is 39.3. The Morgan fingerprint density at radius 1 is 1.15 bits per heavy atom. The van der Waals surface area contributed by atoms with Crippen LogP contribution >= 0.6 is 0 Å². The molecule has 0 saturated carbocycles. The summed E-state index contributed by atoms with van der Waals surface area (Å²) in [5, 5.41) is 3.17. The third kappa shape index (κ3) is 3.33. The summed E-state index contributed by atoms with van der Waals surface area (Å²) in [6.07, 6.45) is 1.50. The van der Waals surface area contributed by atoms with Gasteiger partial charge in [-0.05, 0) is 18.2 Å². The standard InChI is InChI=1S/C14H14F3N3/c1-8(2)19-7-10-3-4-18-14(20-10)9-5-11(15)13(17)12(16)6-9/h3-6,8,19H,7H2,1-2H3. The number of halogens is 3. The molecule has 1 heterocycles. The summed E-state index contributed by atoms with van der Waals surface area (Å²) >= 11 is 0. The Hall–Kier alpha value is -1.95. The van der Waals surface area contributed by atoms with Gasteiger partial charge < -0.3 is 5.32 Å². The molecule has 20 heavy (non-hydrogen) atoms. The van der Waals surface area contributed by atoms with E-state index in [0.717, 1.165) is 12.1 Å². The molecule has 1 aromatic heterocycles. The number of nitrogens with one attached hydrogen (secondary N) is 1. The van der Waals surface area contributed by atoms with Gasteiger partial charge >= 0.3 is 0 Å². The van der Waals surface area contributed by atoms with Crippen LogP contribution in [-0.2, 0) is 6.54 Å². The maximum Gasteiger partial charge on any atom is 0.194 e. The number of aromatic nitrogens is 2. The molecule has 0 fully saturated rings. The van der Waals surface area contributed by atoms with Crippen LogP contribution in [0.2, 0.25) is 0 Å². The van der Waals surface area contributed by atoms with Gasteiger partial charge in [0.25, 0.3) is 0 Å². The van der Waals surface area contributed by atoms with Gasteiger partial charge in [-0.1, -0.05) is 13.8 Å². The molecule has 0 unspecified atom stereocenters. The molecule has 0 saturated heterocycles.